The molecule has 0 heterocycles. The highest BCUT2D eigenvalue weighted by atomic mass is 35.5. The zero-order valence-electron chi connectivity index (χ0n) is 24.3. The van der Waals surface area contributed by atoms with Gasteiger partial charge in [0.05, 0.1) is 22.6 Å². The molecule has 3 rings (SSSR count). The molecule has 2 amide bonds. The molecule has 3 aromatic carbocycles. The Morgan fingerprint density at radius 2 is 1.73 bits per heavy atom. The van der Waals surface area contributed by atoms with Crippen molar-refractivity contribution in [1.29, 1.82) is 0 Å². The molecule has 11 nitrogen and oxygen atoms in total. The number of sulfonamides is 1. The number of benzene rings is 3. The van der Waals surface area contributed by atoms with Crippen molar-refractivity contribution in [1.82, 2.24) is 10.2 Å². The van der Waals surface area contributed by atoms with Crippen LogP contribution in [0.5, 0.6) is 5.75 Å². The normalized spacial score (nSPS) is 11.9. The molecule has 3 aromatic rings. The number of carbonyl (C=O) groups is 2. The second-order valence-corrected chi connectivity index (χ2v) is 12.8. The standard InChI is InChI=1S/C29H31Cl3N4O7S/c1-5-13-33-29(38)19(3)34(16-22-23(31)7-6-8-24(22)32)28(37)17-35(26-14-20(30)10-12-27(26)43-4)44(41,42)21-11-9-18(2)25(15-21)36(39)40/h6-12,14-15,19H,5,13,16-17H2,1-4H3,(H,33,38)/t19-/m0/s1. The van der Waals surface area contributed by atoms with E-state index in [1.54, 1.807) is 18.2 Å². The van der Waals surface area contributed by atoms with Crippen molar-refractivity contribution >= 4 is 68.0 Å². The number of carbonyl (C=O) groups excluding carboxylic acids is 2. The lowest BCUT2D eigenvalue weighted by Gasteiger charge is -2.32. The number of anilines is 1. The predicted molar refractivity (Wildman–Crippen MR) is 170 cm³/mol. The quantitative estimate of drug-likeness (QED) is 0.172. The highest BCUT2D eigenvalue weighted by Gasteiger charge is 2.35. The summed E-state index contributed by atoms with van der Waals surface area (Å²) in [6, 6.07) is 11.3. The number of nitrogens with zero attached hydrogens (tertiary/aromatic N) is 3. The monoisotopic (exact) mass is 684 g/mol. The molecule has 1 N–H and O–H groups in total. The lowest BCUT2D eigenvalue weighted by molar-refractivity contribution is -0.385. The summed E-state index contributed by atoms with van der Waals surface area (Å²) in [5.74, 6) is -1.22. The number of hydrogen-bond acceptors (Lipinski definition) is 7. The fourth-order valence-electron chi connectivity index (χ4n) is 4.28. The number of nitro groups is 1. The number of methoxy groups -OCH3 is 1. The van der Waals surface area contributed by atoms with Crippen molar-refractivity contribution in [3.8, 4) is 5.75 Å². The Hall–Kier alpha value is -3.58. The van der Waals surface area contributed by atoms with E-state index in [0.29, 0.717) is 18.5 Å². The van der Waals surface area contributed by atoms with Gasteiger partial charge in [-0.25, -0.2) is 8.42 Å². The number of nitrogens with one attached hydrogen (secondary N) is 1. The van der Waals surface area contributed by atoms with Crippen LogP contribution in [0.4, 0.5) is 11.4 Å². The van der Waals surface area contributed by atoms with Gasteiger partial charge in [-0.15, -0.1) is 0 Å². The van der Waals surface area contributed by atoms with Gasteiger partial charge in [-0.2, -0.15) is 0 Å². The molecule has 0 aliphatic heterocycles. The first-order valence-electron chi connectivity index (χ1n) is 13.3. The number of halogens is 3. The maximum Gasteiger partial charge on any atom is 0.273 e. The molecule has 1 atom stereocenters. The Kier molecular flexibility index (Phi) is 11.8. The lowest BCUT2D eigenvalue weighted by atomic mass is 10.1. The van der Waals surface area contributed by atoms with Crippen LogP contribution in [-0.2, 0) is 26.2 Å². The Labute approximate surface area is 270 Å². The van der Waals surface area contributed by atoms with Gasteiger partial charge in [0, 0.05) is 45.4 Å². The first-order chi connectivity index (χ1) is 20.7. The summed E-state index contributed by atoms with van der Waals surface area (Å²) in [4.78, 5) is 38.8. The fraction of sp³-hybridized carbons (Fsp3) is 0.310. The van der Waals surface area contributed by atoms with Crippen molar-refractivity contribution in [2.24, 2.45) is 0 Å². The first kappa shape index (κ1) is 34.9. The first-order valence-corrected chi connectivity index (χ1v) is 15.9. The van der Waals surface area contributed by atoms with E-state index >= 15 is 0 Å². The minimum Gasteiger partial charge on any atom is -0.495 e. The number of ether oxygens (including phenoxy) is 1. The van der Waals surface area contributed by atoms with Crippen molar-refractivity contribution in [2.45, 2.75) is 44.7 Å². The molecule has 0 saturated carbocycles. The van der Waals surface area contributed by atoms with Gasteiger partial charge in [0.15, 0.2) is 0 Å². The number of aryl methyl sites for hydroxylation is 1. The maximum absolute atomic E-state index is 14.2. The van der Waals surface area contributed by atoms with E-state index in [9.17, 15) is 28.1 Å². The van der Waals surface area contributed by atoms with Crippen LogP contribution in [0.2, 0.25) is 15.1 Å². The Morgan fingerprint density at radius 1 is 1.07 bits per heavy atom. The topological polar surface area (TPSA) is 139 Å². The van der Waals surface area contributed by atoms with E-state index in [2.05, 4.69) is 5.32 Å². The van der Waals surface area contributed by atoms with Crippen molar-refractivity contribution in [2.75, 3.05) is 24.5 Å². The van der Waals surface area contributed by atoms with Crippen LogP contribution in [0.15, 0.2) is 59.5 Å². The second kappa shape index (κ2) is 14.9. The summed E-state index contributed by atoms with van der Waals surface area (Å²) in [5.41, 5.74) is 0.0665. The number of amides is 2. The summed E-state index contributed by atoms with van der Waals surface area (Å²) < 4.78 is 34.5. The Morgan fingerprint density at radius 3 is 2.32 bits per heavy atom. The highest BCUT2D eigenvalue weighted by Crippen LogP contribution is 2.36. The largest absolute Gasteiger partial charge is 0.495 e. The Bertz CT molecular complexity index is 1650. The molecule has 0 fully saturated rings. The van der Waals surface area contributed by atoms with Crippen molar-refractivity contribution in [3.05, 3.63) is 90.9 Å². The second-order valence-electron chi connectivity index (χ2n) is 9.72. The summed E-state index contributed by atoms with van der Waals surface area (Å²) in [6.07, 6.45) is 0.645. The zero-order chi connectivity index (χ0) is 32.8. The number of nitro benzene ring substituents is 1. The van der Waals surface area contributed by atoms with Gasteiger partial charge in [-0.1, -0.05) is 53.9 Å². The van der Waals surface area contributed by atoms with E-state index in [0.717, 1.165) is 15.3 Å². The minimum absolute atomic E-state index is 0.0572. The molecule has 0 bridgehead atoms. The average Bonchev–Trinajstić information content (AvgIpc) is 2.97. The molecule has 0 unspecified atom stereocenters. The summed E-state index contributed by atoms with van der Waals surface area (Å²) >= 11 is 19.0. The molecule has 0 radical (unpaired) electrons. The number of rotatable bonds is 13. The maximum atomic E-state index is 14.2. The molecule has 44 heavy (non-hydrogen) atoms. The van der Waals surface area contributed by atoms with Crippen LogP contribution in [0, 0.1) is 17.0 Å². The van der Waals surface area contributed by atoms with Crippen LogP contribution in [0.25, 0.3) is 0 Å². The van der Waals surface area contributed by atoms with Gasteiger partial charge in [0.1, 0.15) is 18.3 Å². The van der Waals surface area contributed by atoms with E-state index in [1.165, 1.54) is 51.3 Å². The van der Waals surface area contributed by atoms with E-state index in [-0.39, 0.29) is 38.6 Å². The van der Waals surface area contributed by atoms with Crippen molar-refractivity contribution < 1.29 is 27.7 Å². The smallest absolute Gasteiger partial charge is 0.273 e. The van der Waals surface area contributed by atoms with Gasteiger partial charge in [-0.05, 0) is 56.7 Å². The Balaban J connectivity index is 2.19. The molecule has 0 aromatic heterocycles. The summed E-state index contributed by atoms with van der Waals surface area (Å²) in [7, 11) is -3.36. The third-order valence-electron chi connectivity index (χ3n) is 6.76. The van der Waals surface area contributed by atoms with Crippen LogP contribution in [0.1, 0.15) is 31.4 Å². The minimum atomic E-state index is -4.66. The van der Waals surface area contributed by atoms with Crippen LogP contribution >= 0.6 is 34.8 Å². The zero-order valence-corrected chi connectivity index (χ0v) is 27.4. The van der Waals surface area contributed by atoms with E-state index in [4.69, 9.17) is 39.5 Å². The van der Waals surface area contributed by atoms with E-state index < -0.39 is 49.9 Å². The van der Waals surface area contributed by atoms with Gasteiger partial charge in [-0.3, -0.25) is 24.0 Å². The molecular formula is C29H31Cl3N4O7S. The van der Waals surface area contributed by atoms with Crippen LogP contribution in [0.3, 0.4) is 0 Å². The fourth-order valence-corrected chi connectivity index (χ4v) is 6.40. The SMILES string of the molecule is CCCNC(=O)[C@H](C)N(Cc1c(Cl)cccc1Cl)C(=O)CN(c1cc(Cl)ccc1OC)S(=O)(=O)c1ccc(C)c([N+](=O)[O-])c1. The lowest BCUT2D eigenvalue weighted by Crippen LogP contribution is -2.51. The summed E-state index contributed by atoms with van der Waals surface area (Å²) in [5, 5.41) is 15.0. The molecule has 0 aliphatic rings. The molecule has 15 heteroatoms. The summed E-state index contributed by atoms with van der Waals surface area (Å²) in [6.45, 7) is 4.12. The van der Waals surface area contributed by atoms with Crippen LogP contribution in [-0.4, -0.2) is 56.3 Å². The number of hydrogen-bond donors (Lipinski definition) is 1. The average molecular weight is 686 g/mol. The molecule has 236 valence electrons. The molecular weight excluding hydrogens is 655 g/mol. The molecule has 0 saturated heterocycles. The molecule has 0 spiro atoms. The van der Waals surface area contributed by atoms with Gasteiger partial charge >= 0.3 is 0 Å². The predicted octanol–water partition coefficient (Wildman–Crippen LogP) is 6.01. The van der Waals surface area contributed by atoms with E-state index in [1.807, 2.05) is 6.92 Å². The van der Waals surface area contributed by atoms with Gasteiger partial charge in [0.25, 0.3) is 15.7 Å². The van der Waals surface area contributed by atoms with Crippen molar-refractivity contribution in [3.63, 3.8) is 0 Å². The van der Waals surface area contributed by atoms with Gasteiger partial charge < -0.3 is 15.0 Å². The van der Waals surface area contributed by atoms with Gasteiger partial charge in [0.2, 0.25) is 11.8 Å². The van der Waals surface area contributed by atoms with Crippen LogP contribution < -0.4 is 14.4 Å². The third kappa shape index (κ3) is 7.92. The highest BCUT2D eigenvalue weighted by molar-refractivity contribution is 7.92. The molecule has 0 aliphatic carbocycles. The third-order valence-corrected chi connectivity index (χ3v) is 9.46.